The molecule has 0 spiro atoms. The van der Waals surface area contributed by atoms with Gasteiger partial charge in [-0.05, 0) is 55.5 Å². The summed E-state index contributed by atoms with van der Waals surface area (Å²) in [6, 6.07) is 7.96. The van der Waals surface area contributed by atoms with Crippen LogP contribution < -0.4 is 14.8 Å². The van der Waals surface area contributed by atoms with Gasteiger partial charge in [0.2, 0.25) is 17.7 Å². The number of aliphatic carboxylic acids is 1. The lowest BCUT2D eigenvalue weighted by Gasteiger charge is -2.29. The molecule has 2 aliphatic rings. The Bertz CT molecular complexity index is 1410. The average Bonchev–Trinajstić information content (AvgIpc) is 3.51. The molecule has 4 rings (SSSR count). The number of hydrogen-bond acceptors (Lipinski definition) is 8. The maximum Gasteiger partial charge on any atom is 0.323 e. The number of benzene rings is 2. The molecule has 1 atom stereocenters. The van der Waals surface area contributed by atoms with Gasteiger partial charge >= 0.3 is 5.97 Å². The molecular weight excluding hydrogens is 534 g/mol. The van der Waals surface area contributed by atoms with Gasteiger partial charge in [0.05, 0.1) is 42.5 Å². The summed E-state index contributed by atoms with van der Waals surface area (Å²) in [5.74, 6) is -4.23. The van der Waals surface area contributed by atoms with E-state index in [0.717, 1.165) is 37.5 Å². The summed E-state index contributed by atoms with van der Waals surface area (Å²) in [7, 11) is 1.47. The molecule has 0 bridgehead atoms. The van der Waals surface area contributed by atoms with E-state index >= 15 is 0 Å². The number of carbonyl (C=O) groups is 6. The van der Waals surface area contributed by atoms with Crippen LogP contribution in [-0.4, -0.2) is 70.2 Å². The van der Waals surface area contributed by atoms with E-state index in [-0.39, 0.29) is 22.9 Å². The third kappa shape index (κ3) is 6.21. The molecule has 41 heavy (non-hydrogen) atoms. The van der Waals surface area contributed by atoms with Crippen molar-refractivity contribution in [3.63, 3.8) is 0 Å². The topological polar surface area (TPSA) is 160 Å². The minimum Gasteiger partial charge on any atom is -0.493 e. The first kappa shape index (κ1) is 29.2. The number of anilines is 1. The number of nitrogens with zero attached hydrogens (tertiary/aromatic N) is 2. The Morgan fingerprint density at radius 3 is 2.37 bits per heavy atom. The molecule has 0 aromatic heterocycles. The van der Waals surface area contributed by atoms with E-state index in [2.05, 4.69) is 5.32 Å². The molecule has 1 fully saturated rings. The van der Waals surface area contributed by atoms with Crippen LogP contribution in [-0.2, 0) is 19.2 Å². The first-order valence-corrected chi connectivity index (χ1v) is 13.2. The molecular formula is C29H31N3O9. The van der Waals surface area contributed by atoms with Gasteiger partial charge in [-0.15, -0.1) is 0 Å². The van der Waals surface area contributed by atoms with Crippen molar-refractivity contribution in [1.82, 2.24) is 9.80 Å². The second-order valence-electron chi connectivity index (χ2n) is 9.94. The van der Waals surface area contributed by atoms with Crippen LogP contribution >= 0.6 is 0 Å². The smallest absolute Gasteiger partial charge is 0.323 e. The molecule has 2 N–H and O–H groups in total. The van der Waals surface area contributed by atoms with Crippen molar-refractivity contribution in [2.45, 2.75) is 58.1 Å². The molecule has 216 valence electrons. The highest BCUT2D eigenvalue weighted by molar-refractivity contribution is 6.24. The van der Waals surface area contributed by atoms with E-state index < -0.39 is 54.5 Å². The lowest BCUT2D eigenvalue weighted by atomic mass is 10.00. The normalized spacial score (nSPS) is 15.3. The van der Waals surface area contributed by atoms with Crippen LogP contribution in [0.5, 0.6) is 11.5 Å². The van der Waals surface area contributed by atoms with Gasteiger partial charge in [0.25, 0.3) is 11.8 Å². The Kier molecular flexibility index (Phi) is 8.70. The Hall–Kier alpha value is -4.74. The molecule has 1 aliphatic heterocycles. The fourth-order valence-electron chi connectivity index (χ4n) is 5.20. The van der Waals surface area contributed by atoms with Gasteiger partial charge in [0.15, 0.2) is 11.5 Å². The fourth-order valence-corrected chi connectivity index (χ4v) is 5.20. The average molecular weight is 566 g/mol. The molecule has 12 heteroatoms. The lowest BCUT2D eigenvalue weighted by molar-refractivity contribution is -0.152. The number of carboxylic acids is 1. The number of hydrogen-bond donors (Lipinski definition) is 2. The largest absolute Gasteiger partial charge is 0.493 e. The molecule has 0 saturated heterocycles. The maximum atomic E-state index is 13.8. The number of carbonyl (C=O) groups excluding carboxylic acids is 5. The molecule has 1 heterocycles. The minimum absolute atomic E-state index is 0.0311. The number of carboxylic acid groups (broad SMARTS) is 1. The van der Waals surface area contributed by atoms with Crippen molar-refractivity contribution in [2.24, 2.45) is 0 Å². The van der Waals surface area contributed by atoms with E-state index in [1.807, 2.05) is 0 Å². The van der Waals surface area contributed by atoms with Gasteiger partial charge in [-0.2, -0.15) is 0 Å². The SMILES string of the molecule is COc1ccc(C(CC(=O)N(CC(=O)O)C(C)=O)N2C(=O)c3cccc(NC(C)=O)c3C2=O)cc1OC1CCCC1. The number of rotatable bonds is 10. The van der Waals surface area contributed by atoms with Gasteiger partial charge in [0, 0.05) is 13.8 Å². The quantitative estimate of drug-likeness (QED) is 0.413. The number of nitrogens with one attached hydrogen (secondary N) is 1. The van der Waals surface area contributed by atoms with Gasteiger partial charge in [-0.1, -0.05) is 12.1 Å². The predicted octanol–water partition coefficient (Wildman–Crippen LogP) is 3.16. The molecule has 1 saturated carbocycles. The first-order valence-electron chi connectivity index (χ1n) is 13.2. The zero-order chi connectivity index (χ0) is 29.8. The van der Waals surface area contributed by atoms with Crippen molar-refractivity contribution in [3.8, 4) is 11.5 Å². The van der Waals surface area contributed by atoms with E-state index in [4.69, 9.17) is 9.47 Å². The molecule has 1 unspecified atom stereocenters. The Labute approximate surface area is 236 Å². The molecule has 5 amide bonds. The van der Waals surface area contributed by atoms with E-state index in [1.165, 1.54) is 32.2 Å². The van der Waals surface area contributed by atoms with Crippen LogP contribution in [0.3, 0.4) is 0 Å². The second kappa shape index (κ2) is 12.2. The van der Waals surface area contributed by atoms with Crippen molar-refractivity contribution < 1.29 is 43.3 Å². The summed E-state index contributed by atoms with van der Waals surface area (Å²) >= 11 is 0. The lowest BCUT2D eigenvalue weighted by Crippen LogP contribution is -2.42. The Balaban J connectivity index is 1.79. The van der Waals surface area contributed by atoms with E-state index in [9.17, 15) is 33.9 Å². The summed E-state index contributed by atoms with van der Waals surface area (Å²) in [5.41, 5.74) is 0.470. The standard InChI is InChI=1S/C29H31N3O9/c1-16(33)30-21-10-6-9-20-27(21)29(39)32(28(20)38)22(14-25(35)31(17(2)34)15-26(36)37)18-11-12-23(40-3)24(13-18)41-19-7-4-5-8-19/h6,9-13,19,22H,4-5,7-8,14-15H2,1-3H3,(H,30,33)(H,36,37). The monoisotopic (exact) mass is 565 g/mol. The van der Waals surface area contributed by atoms with Crippen LogP contribution in [0.15, 0.2) is 36.4 Å². The second-order valence-corrected chi connectivity index (χ2v) is 9.94. The van der Waals surface area contributed by atoms with E-state index in [1.54, 1.807) is 18.2 Å². The molecule has 12 nitrogen and oxygen atoms in total. The number of methoxy groups -OCH3 is 1. The molecule has 2 aromatic rings. The van der Waals surface area contributed by atoms with Crippen molar-refractivity contribution >= 4 is 41.2 Å². The van der Waals surface area contributed by atoms with Crippen molar-refractivity contribution in [2.75, 3.05) is 19.0 Å². The number of ether oxygens (including phenoxy) is 2. The summed E-state index contributed by atoms with van der Waals surface area (Å²) < 4.78 is 11.6. The highest BCUT2D eigenvalue weighted by atomic mass is 16.5. The van der Waals surface area contributed by atoms with Crippen molar-refractivity contribution in [3.05, 3.63) is 53.1 Å². The zero-order valence-corrected chi connectivity index (χ0v) is 23.0. The number of imide groups is 2. The maximum absolute atomic E-state index is 13.8. The highest BCUT2D eigenvalue weighted by Crippen LogP contribution is 2.40. The van der Waals surface area contributed by atoms with Crippen molar-refractivity contribution in [1.29, 1.82) is 0 Å². The van der Waals surface area contributed by atoms with Gasteiger partial charge < -0.3 is 19.9 Å². The molecule has 2 aromatic carbocycles. The summed E-state index contributed by atoms with van der Waals surface area (Å²) in [6.45, 7) is 1.44. The molecule has 0 radical (unpaired) electrons. The summed E-state index contributed by atoms with van der Waals surface area (Å²) in [5, 5.41) is 11.8. The van der Waals surface area contributed by atoms with Crippen LogP contribution in [0.4, 0.5) is 5.69 Å². The third-order valence-corrected chi connectivity index (χ3v) is 7.08. The fraction of sp³-hybridized carbons (Fsp3) is 0.379. The van der Waals surface area contributed by atoms with Crippen LogP contribution in [0.2, 0.25) is 0 Å². The summed E-state index contributed by atoms with van der Waals surface area (Å²) in [6.07, 6.45) is 3.09. The minimum atomic E-state index is -1.40. The number of fused-ring (bicyclic) bond motifs is 1. The zero-order valence-electron chi connectivity index (χ0n) is 23.0. The first-order chi connectivity index (χ1) is 19.5. The van der Waals surface area contributed by atoms with E-state index in [0.29, 0.717) is 22.0 Å². The third-order valence-electron chi connectivity index (χ3n) is 7.08. The molecule has 1 aliphatic carbocycles. The van der Waals surface area contributed by atoms with Crippen LogP contribution in [0.25, 0.3) is 0 Å². The highest BCUT2D eigenvalue weighted by Gasteiger charge is 2.44. The summed E-state index contributed by atoms with van der Waals surface area (Å²) in [4.78, 5) is 77.5. The van der Waals surface area contributed by atoms with Gasteiger partial charge in [-0.3, -0.25) is 38.6 Å². The van der Waals surface area contributed by atoms with Crippen LogP contribution in [0, 0.1) is 0 Å². The Morgan fingerprint density at radius 1 is 1.05 bits per heavy atom. The van der Waals surface area contributed by atoms with Gasteiger partial charge in [0.1, 0.15) is 6.54 Å². The predicted molar refractivity (Wildman–Crippen MR) is 145 cm³/mol. The van der Waals surface area contributed by atoms with Gasteiger partial charge in [-0.25, -0.2) is 0 Å². The van der Waals surface area contributed by atoms with Crippen LogP contribution in [0.1, 0.15) is 78.3 Å². The number of amides is 5. The Morgan fingerprint density at radius 2 is 1.76 bits per heavy atom.